The number of hydrogen-bond donors (Lipinski definition) is 0. The molecule has 0 aliphatic heterocycles. The molecule has 3 nitrogen and oxygen atoms in total. The number of nitrogens with zero attached hydrogens (tertiary/aromatic N) is 3. The third kappa shape index (κ3) is 2.48. The number of anilines is 1. The van der Waals surface area contributed by atoms with E-state index in [9.17, 15) is 0 Å². The number of thiazole rings is 1. The second-order valence-corrected chi connectivity index (χ2v) is 5.89. The fourth-order valence-electron chi connectivity index (χ4n) is 1.80. The number of fused-ring (bicyclic) bond motifs is 1. The zero-order chi connectivity index (χ0) is 13.3. The number of benzene rings is 1. The Morgan fingerprint density at radius 2 is 1.89 bits per heavy atom. The SMILES string of the molecule is CN(C)/C=C/c1sc2cc(N(C)C)ccc2[n+]1C. The van der Waals surface area contributed by atoms with Crippen molar-refractivity contribution >= 4 is 33.3 Å². The fourth-order valence-corrected chi connectivity index (χ4v) is 2.88. The maximum atomic E-state index is 2.24. The summed E-state index contributed by atoms with van der Waals surface area (Å²) in [7, 11) is 10.3. The van der Waals surface area contributed by atoms with Crippen LogP contribution in [0, 0.1) is 0 Å². The van der Waals surface area contributed by atoms with E-state index in [0.717, 1.165) is 0 Å². The molecule has 96 valence electrons. The van der Waals surface area contributed by atoms with Gasteiger partial charge in [-0.3, -0.25) is 0 Å². The Labute approximate surface area is 113 Å². The molecule has 0 saturated heterocycles. The van der Waals surface area contributed by atoms with E-state index in [4.69, 9.17) is 0 Å². The van der Waals surface area contributed by atoms with Crippen molar-refractivity contribution in [2.24, 2.45) is 7.05 Å². The van der Waals surface area contributed by atoms with Gasteiger partial charge in [-0.2, -0.15) is 4.57 Å². The average Bonchev–Trinajstić information content (AvgIpc) is 2.63. The smallest absolute Gasteiger partial charge is 0.263 e. The summed E-state index contributed by atoms with van der Waals surface area (Å²) in [4.78, 5) is 4.18. The first-order chi connectivity index (χ1) is 8.49. The molecule has 0 aliphatic carbocycles. The van der Waals surface area contributed by atoms with Crippen molar-refractivity contribution in [1.82, 2.24) is 4.90 Å². The minimum Gasteiger partial charge on any atom is -0.383 e. The van der Waals surface area contributed by atoms with Gasteiger partial charge in [-0.05, 0) is 12.1 Å². The lowest BCUT2D eigenvalue weighted by Gasteiger charge is -2.10. The Morgan fingerprint density at radius 3 is 2.50 bits per heavy atom. The highest BCUT2D eigenvalue weighted by molar-refractivity contribution is 7.18. The van der Waals surface area contributed by atoms with Gasteiger partial charge in [0.25, 0.3) is 5.01 Å². The molecule has 0 N–H and O–H groups in total. The summed E-state index contributed by atoms with van der Waals surface area (Å²) in [5.41, 5.74) is 2.52. The predicted octanol–water partition coefficient (Wildman–Crippen LogP) is 2.32. The maximum absolute atomic E-state index is 2.24. The van der Waals surface area contributed by atoms with E-state index in [0.29, 0.717) is 0 Å². The molecule has 0 saturated carbocycles. The lowest BCUT2D eigenvalue weighted by Crippen LogP contribution is -2.29. The Morgan fingerprint density at radius 1 is 1.17 bits per heavy atom. The monoisotopic (exact) mass is 262 g/mol. The lowest BCUT2D eigenvalue weighted by molar-refractivity contribution is -0.642. The molecule has 0 atom stereocenters. The Balaban J connectivity index is 2.49. The second kappa shape index (κ2) is 4.98. The van der Waals surface area contributed by atoms with Crippen LogP contribution in [0.1, 0.15) is 5.01 Å². The molecular weight excluding hydrogens is 242 g/mol. The molecule has 0 unspecified atom stereocenters. The topological polar surface area (TPSA) is 10.4 Å². The first-order valence-electron chi connectivity index (χ1n) is 5.93. The van der Waals surface area contributed by atoms with E-state index in [1.165, 1.54) is 20.9 Å². The van der Waals surface area contributed by atoms with Crippen LogP contribution in [0.5, 0.6) is 0 Å². The van der Waals surface area contributed by atoms with Crippen LogP contribution in [0.15, 0.2) is 24.4 Å². The van der Waals surface area contributed by atoms with Gasteiger partial charge in [0, 0.05) is 52.2 Å². The molecule has 2 aromatic rings. The molecule has 0 radical (unpaired) electrons. The van der Waals surface area contributed by atoms with Gasteiger partial charge in [-0.1, -0.05) is 11.3 Å². The third-order valence-corrected chi connectivity index (χ3v) is 4.05. The molecule has 18 heavy (non-hydrogen) atoms. The van der Waals surface area contributed by atoms with Crippen LogP contribution in [0.3, 0.4) is 0 Å². The number of rotatable bonds is 3. The highest BCUT2D eigenvalue weighted by Crippen LogP contribution is 2.25. The van der Waals surface area contributed by atoms with Crippen LogP contribution in [0.4, 0.5) is 5.69 Å². The number of hydrogen-bond acceptors (Lipinski definition) is 3. The Hall–Kier alpha value is -1.55. The van der Waals surface area contributed by atoms with Crippen molar-refractivity contribution in [3.63, 3.8) is 0 Å². The van der Waals surface area contributed by atoms with Gasteiger partial charge in [-0.25, -0.2) is 0 Å². The largest absolute Gasteiger partial charge is 0.383 e. The molecule has 4 heteroatoms. The van der Waals surface area contributed by atoms with E-state index in [1.54, 1.807) is 0 Å². The van der Waals surface area contributed by atoms with E-state index >= 15 is 0 Å². The Kier molecular flexibility index (Phi) is 3.57. The van der Waals surface area contributed by atoms with Gasteiger partial charge in [-0.15, -0.1) is 0 Å². The summed E-state index contributed by atoms with van der Waals surface area (Å²) in [6.07, 6.45) is 4.23. The fraction of sp³-hybridized carbons (Fsp3) is 0.357. The highest BCUT2D eigenvalue weighted by Gasteiger charge is 2.15. The van der Waals surface area contributed by atoms with Gasteiger partial charge >= 0.3 is 0 Å². The average molecular weight is 262 g/mol. The van der Waals surface area contributed by atoms with E-state index in [1.807, 2.05) is 25.4 Å². The third-order valence-electron chi connectivity index (χ3n) is 2.88. The predicted molar refractivity (Wildman–Crippen MR) is 80.0 cm³/mol. The summed E-state index contributed by atoms with van der Waals surface area (Å²) >= 11 is 1.82. The van der Waals surface area contributed by atoms with Crippen LogP contribution in [0.2, 0.25) is 0 Å². The maximum Gasteiger partial charge on any atom is 0.263 e. The summed E-state index contributed by atoms with van der Waals surface area (Å²) in [5, 5.41) is 1.26. The van der Waals surface area contributed by atoms with Crippen molar-refractivity contribution in [1.29, 1.82) is 0 Å². The van der Waals surface area contributed by atoms with Crippen molar-refractivity contribution in [2.45, 2.75) is 0 Å². The Bertz CT molecular complexity index is 582. The molecule has 1 heterocycles. The summed E-state index contributed by atoms with van der Waals surface area (Å²) in [6.45, 7) is 0. The zero-order valence-corrected chi connectivity index (χ0v) is 12.5. The molecule has 0 aliphatic rings. The van der Waals surface area contributed by atoms with Crippen molar-refractivity contribution < 1.29 is 4.57 Å². The summed E-state index contributed by atoms with van der Waals surface area (Å²) in [6, 6.07) is 6.59. The minimum atomic E-state index is 1.24. The highest BCUT2D eigenvalue weighted by atomic mass is 32.1. The molecule has 0 spiro atoms. The molecule has 0 fully saturated rings. The van der Waals surface area contributed by atoms with Crippen molar-refractivity contribution in [2.75, 3.05) is 33.1 Å². The van der Waals surface area contributed by atoms with Crippen LogP contribution < -0.4 is 9.47 Å². The second-order valence-electron chi connectivity index (χ2n) is 4.83. The van der Waals surface area contributed by atoms with Crippen molar-refractivity contribution in [3.05, 3.63) is 29.4 Å². The summed E-state index contributed by atoms with van der Waals surface area (Å²) in [5.74, 6) is 0. The first kappa shape index (κ1) is 12.9. The van der Waals surface area contributed by atoms with Gasteiger partial charge in [0.15, 0.2) is 0 Å². The van der Waals surface area contributed by atoms with Crippen LogP contribution in [-0.2, 0) is 7.05 Å². The number of aromatic nitrogens is 1. The van der Waals surface area contributed by atoms with Gasteiger partial charge in [0.05, 0.1) is 0 Å². The zero-order valence-electron chi connectivity index (χ0n) is 11.6. The first-order valence-corrected chi connectivity index (χ1v) is 6.75. The van der Waals surface area contributed by atoms with E-state index in [-0.39, 0.29) is 0 Å². The van der Waals surface area contributed by atoms with Crippen molar-refractivity contribution in [3.8, 4) is 0 Å². The molecule has 1 aromatic carbocycles. The van der Waals surface area contributed by atoms with Gasteiger partial charge in [0.2, 0.25) is 5.52 Å². The molecule has 0 amide bonds. The molecular formula is C14H20N3S+. The minimum absolute atomic E-state index is 1.24. The number of aryl methyl sites for hydroxylation is 1. The van der Waals surface area contributed by atoms with Crippen LogP contribution in [0.25, 0.3) is 16.3 Å². The molecule has 1 aromatic heterocycles. The quantitative estimate of drug-likeness (QED) is 0.786. The van der Waals surface area contributed by atoms with Crippen LogP contribution >= 0.6 is 11.3 Å². The summed E-state index contributed by atoms with van der Waals surface area (Å²) < 4.78 is 3.56. The van der Waals surface area contributed by atoms with Gasteiger partial charge < -0.3 is 9.80 Å². The molecule has 0 bridgehead atoms. The van der Waals surface area contributed by atoms with Crippen LogP contribution in [-0.4, -0.2) is 33.1 Å². The lowest BCUT2D eigenvalue weighted by atomic mass is 10.3. The normalized spacial score (nSPS) is 11.4. The standard InChI is InChI=1S/C14H20N3S/c1-15(2)9-8-14-17(5)12-7-6-11(16(3)4)10-13(12)18-14/h6-10H,1-5H3/q+1. The molecule has 2 rings (SSSR count). The van der Waals surface area contributed by atoms with E-state index in [2.05, 4.69) is 66.0 Å². The van der Waals surface area contributed by atoms with E-state index < -0.39 is 0 Å². The van der Waals surface area contributed by atoms with Gasteiger partial charge in [0.1, 0.15) is 11.7 Å².